The van der Waals surface area contributed by atoms with E-state index in [1.54, 1.807) is 6.20 Å². The molecule has 1 aromatic rings. The van der Waals surface area contributed by atoms with Gasteiger partial charge in [0.2, 0.25) is 0 Å². The first-order valence-electron chi connectivity index (χ1n) is 5.14. The summed E-state index contributed by atoms with van der Waals surface area (Å²) in [4.78, 5) is 6.69. The van der Waals surface area contributed by atoms with Crippen LogP contribution in [0.1, 0.15) is 12.1 Å². The Kier molecular flexibility index (Phi) is 3.89. The molecule has 1 aromatic heterocycles. The zero-order valence-corrected chi connectivity index (χ0v) is 10.4. The summed E-state index contributed by atoms with van der Waals surface area (Å²) in [6.45, 7) is 0.895. The first kappa shape index (κ1) is 11.2. The molecule has 0 radical (unpaired) electrons. The van der Waals surface area contributed by atoms with Crippen LogP contribution in [-0.4, -0.2) is 34.5 Å². The highest BCUT2D eigenvalue weighted by Gasteiger charge is 2.20. The van der Waals surface area contributed by atoms with E-state index in [2.05, 4.69) is 16.9 Å². The van der Waals surface area contributed by atoms with E-state index >= 15 is 0 Å². The average Bonchev–Trinajstić information content (AvgIpc) is 2.70. The van der Waals surface area contributed by atoms with E-state index in [1.807, 2.05) is 23.9 Å². The normalized spacial score (nSPS) is 21.1. The molecule has 82 valence electrons. The van der Waals surface area contributed by atoms with Crippen molar-refractivity contribution in [3.8, 4) is 0 Å². The van der Waals surface area contributed by atoms with Crippen LogP contribution in [0.25, 0.3) is 0 Å². The maximum absolute atomic E-state index is 5.93. The van der Waals surface area contributed by atoms with Gasteiger partial charge in [-0.1, -0.05) is 11.6 Å². The van der Waals surface area contributed by atoms with Gasteiger partial charge < -0.3 is 0 Å². The lowest BCUT2D eigenvalue weighted by molar-refractivity contribution is 0.251. The molecule has 0 aromatic carbocycles. The lowest BCUT2D eigenvalue weighted by atomic mass is 10.2. The molecule has 1 aliphatic heterocycles. The van der Waals surface area contributed by atoms with Crippen LogP contribution in [0.2, 0.25) is 5.02 Å². The molecule has 0 amide bonds. The minimum atomic E-state index is 0.704. The van der Waals surface area contributed by atoms with Crippen LogP contribution in [-0.2, 0) is 6.54 Å². The Hall–Kier alpha value is -0.250. The summed E-state index contributed by atoms with van der Waals surface area (Å²) < 4.78 is 0. The fourth-order valence-corrected chi connectivity index (χ4v) is 3.27. The largest absolute Gasteiger partial charge is 0.297 e. The van der Waals surface area contributed by atoms with Gasteiger partial charge in [0.05, 0.1) is 5.69 Å². The number of rotatable bonds is 3. The zero-order valence-electron chi connectivity index (χ0n) is 8.82. The summed E-state index contributed by atoms with van der Waals surface area (Å²) in [5.41, 5.74) is 1.06. The van der Waals surface area contributed by atoms with Gasteiger partial charge in [0.15, 0.2) is 0 Å². The maximum Gasteiger partial charge on any atom is 0.0558 e. The summed E-state index contributed by atoms with van der Waals surface area (Å²) in [7, 11) is 2.17. The molecule has 1 fully saturated rings. The van der Waals surface area contributed by atoms with Crippen molar-refractivity contribution in [2.24, 2.45) is 0 Å². The third-order valence-electron chi connectivity index (χ3n) is 2.72. The van der Waals surface area contributed by atoms with Crippen LogP contribution in [0.3, 0.4) is 0 Å². The topological polar surface area (TPSA) is 16.1 Å². The van der Waals surface area contributed by atoms with Crippen molar-refractivity contribution < 1.29 is 0 Å². The van der Waals surface area contributed by atoms with Crippen molar-refractivity contribution in [2.45, 2.75) is 19.0 Å². The van der Waals surface area contributed by atoms with Crippen molar-refractivity contribution in [1.82, 2.24) is 9.88 Å². The minimum absolute atomic E-state index is 0.704. The smallest absolute Gasteiger partial charge is 0.0558 e. The third kappa shape index (κ3) is 3.10. The number of halogens is 1. The van der Waals surface area contributed by atoms with Gasteiger partial charge in [0.25, 0.3) is 0 Å². The summed E-state index contributed by atoms with van der Waals surface area (Å²) in [6.07, 6.45) is 3.07. The zero-order chi connectivity index (χ0) is 10.7. The summed E-state index contributed by atoms with van der Waals surface area (Å²) >= 11 is 7.96. The molecule has 0 saturated carbocycles. The van der Waals surface area contributed by atoms with Gasteiger partial charge in [-0.25, -0.2) is 0 Å². The van der Waals surface area contributed by atoms with Crippen LogP contribution >= 0.6 is 23.4 Å². The number of hydrogen-bond acceptors (Lipinski definition) is 3. The molecule has 2 nitrogen and oxygen atoms in total. The van der Waals surface area contributed by atoms with Crippen molar-refractivity contribution in [3.63, 3.8) is 0 Å². The Bertz CT molecular complexity index is 326. The van der Waals surface area contributed by atoms with Gasteiger partial charge in [-0.3, -0.25) is 9.88 Å². The lowest BCUT2D eigenvalue weighted by Gasteiger charge is -2.22. The highest BCUT2D eigenvalue weighted by molar-refractivity contribution is 7.99. The molecule has 0 bridgehead atoms. The number of nitrogens with zero attached hydrogens (tertiary/aromatic N) is 2. The monoisotopic (exact) mass is 242 g/mol. The Morgan fingerprint density at radius 1 is 1.67 bits per heavy atom. The van der Waals surface area contributed by atoms with Gasteiger partial charge in [0, 0.05) is 29.6 Å². The van der Waals surface area contributed by atoms with Crippen LogP contribution in [0.15, 0.2) is 18.3 Å². The van der Waals surface area contributed by atoms with E-state index in [0.717, 1.165) is 17.3 Å². The van der Waals surface area contributed by atoms with Crippen molar-refractivity contribution in [2.75, 3.05) is 18.6 Å². The van der Waals surface area contributed by atoms with E-state index in [-0.39, 0.29) is 0 Å². The molecule has 1 unspecified atom stereocenters. The van der Waals surface area contributed by atoms with Gasteiger partial charge >= 0.3 is 0 Å². The van der Waals surface area contributed by atoms with E-state index < -0.39 is 0 Å². The lowest BCUT2D eigenvalue weighted by Crippen LogP contribution is -2.31. The average molecular weight is 243 g/mol. The second-order valence-electron chi connectivity index (χ2n) is 3.90. The van der Waals surface area contributed by atoms with Gasteiger partial charge in [0.1, 0.15) is 0 Å². The number of hydrogen-bond donors (Lipinski definition) is 0. The van der Waals surface area contributed by atoms with Gasteiger partial charge in [-0.15, -0.1) is 0 Å². The Labute approximate surface area is 100 Å². The highest BCUT2D eigenvalue weighted by Crippen LogP contribution is 2.22. The van der Waals surface area contributed by atoms with Crippen molar-refractivity contribution in [1.29, 1.82) is 0 Å². The molecular weight excluding hydrogens is 228 g/mol. The van der Waals surface area contributed by atoms with E-state index in [9.17, 15) is 0 Å². The molecule has 0 aliphatic carbocycles. The summed E-state index contributed by atoms with van der Waals surface area (Å²) in [5, 5.41) is 0.772. The molecule has 4 heteroatoms. The third-order valence-corrected chi connectivity index (χ3v) is 4.10. The SMILES string of the molecule is CN(Cc1cc(Cl)ccn1)C1CCSC1. The molecule has 1 atom stereocenters. The predicted octanol–water partition coefficient (Wildman–Crippen LogP) is 2.67. The van der Waals surface area contributed by atoms with Crippen LogP contribution < -0.4 is 0 Å². The summed E-state index contributed by atoms with van der Waals surface area (Å²) in [5.74, 6) is 2.54. The fourth-order valence-electron chi connectivity index (χ4n) is 1.79. The van der Waals surface area contributed by atoms with Crippen LogP contribution in [0.5, 0.6) is 0 Å². The molecular formula is C11H15ClN2S. The molecule has 0 spiro atoms. The highest BCUT2D eigenvalue weighted by atomic mass is 35.5. The molecule has 2 heterocycles. The standard InChI is InChI=1S/C11H15ClN2S/c1-14(11-3-5-15-8-11)7-10-6-9(12)2-4-13-10/h2,4,6,11H,3,5,7-8H2,1H3. The summed E-state index contributed by atoms with van der Waals surface area (Å²) in [6, 6.07) is 4.46. The second-order valence-corrected chi connectivity index (χ2v) is 5.48. The molecule has 1 aliphatic rings. The molecule has 15 heavy (non-hydrogen) atoms. The van der Waals surface area contributed by atoms with Crippen LogP contribution in [0, 0.1) is 0 Å². The van der Waals surface area contributed by atoms with Crippen molar-refractivity contribution in [3.05, 3.63) is 29.0 Å². The van der Waals surface area contributed by atoms with E-state index in [4.69, 9.17) is 11.6 Å². The Balaban J connectivity index is 1.95. The fraction of sp³-hybridized carbons (Fsp3) is 0.545. The quantitative estimate of drug-likeness (QED) is 0.811. The predicted molar refractivity (Wildman–Crippen MR) is 66.4 cm³/mol. The van der Waals surface area contributed by atoms with Crippen LogP contribution in [0.4, 0.5) is 0 Å². The number of pyridine rings is 1. The molecule has 1 saturated heterocycles. The van der Waals surface area contributed by atoms with Gasteiger partial charge in [-0.05, 0) is 31.4 Å². The Morgan fingerprint density at radius 3 is 3.20 bits per heavy atom. The second kappa shape index (κ2) is 5.19. The van der Waals surface area contributed by atoms with Crippen molar-refractivity contribution >= 4 is 23.4 Å². The van der Waals surface area contributed by atoms with E-state index in [0.29, 0.717) is 6.04 Å². The van der Waals surface area contributed by atoms with Gasteiger partial charge in [-0.2, -0.15) is 11.8 Å². The first-order valence-corrected chi connectivity index (χ1v) is 6.67. The maximum atomic E-state index is 5.93. The Morgan fingerprint density at radius 2 is 2.53 bits per heavy atom. The minimum Gasteiger partial charge on any atom is -0.297 e. The van der Waals surface area contributed by atoms with E-state index in [1.165, 1.54) is 17.9 Å². The molecule has 2 rings (SSSR count). The number of thioether (sulfide) groups is 1. The number of aromatic nitrogens is 1. The first-order chi connectivity index (χ1) is 7.25. The molecule has 0 N–H and O–H groups in total.